The molecule has 0 N–H and O–H groups in total. The van der Waals surface area contributed by atoms with E-state index in [1.165, 1.54) is 44.5 Å². The average molecular weight is 929 g/mol. The fourth-order valence-electron chi connectivity index (χ4n) is 9.86. The van der Waals surface area contributed by atoms with E-state index < -0.39 is 0 Å². The van der Waals surface area contributed by atoms with Gasteiger partial charge in [-0.15, -0.1) is 10.2 Å². The molecule has 6 aromatic carbocycles. The third-order valence-electron chi connectivity index (χ3n) is 13.5. The molecule has 2 aliphatic rings. The zero-order valence-corrected chi connectivity index (χ0v) is 40.9. The van der Waals surface area contributed by atoms with E-state index in [1.54, 1.807) is 0 Å². The smallest absolute Gasteiger partial charge is 0.178 e. The predicted octanol–water partition coefficient (Wildman–Crippen LogP) is 9.40. The Balaban J connectivity index is 0.000000174. The Morgan fingerprint density at radius 3 is 1.07 bits per heavy atom. The number of rotatable bonds is 14. The van der Waals surface area contributed by atoms with Gasteiger partial charge in [0.05, 0.1) is 23.5 Å². The van der Waals surface area contributed by atoms with Crippen molar-refractivity contribution in [3.8, 4) is 11.4 Å². The van der Waals surface area contributed by atoms with Gasteiger partial charge in [-0.3, -0.25) is 19.6 Å². The largest absolute Gasteiger partial charge is 0.297 e. The molecular weight excluding hydrogens is 865 g/mol. The second-order valence-electron chi connectivity index (χ2n) is 18.3. The number of hydrogen-bond acceptors (Lipinski definition) is 10. The molecule has 2 saturated heterocycles. The fourth-order valence-corrected chi connectivity index (χ4v) is 9.86. The van der Waals surface area contributed by atoms with E-state index >= 15 is 0 Å². The van der Waals surface area contributed by atoms with E-state index in [4.69, 9.17) is 0 Å². The molecule has 0 aliphatic carbocycles. The van der Waals surface area contributed by atoms with Gasteiger partial charge in [-0.2, -0.15) is 9.36 Å². The molecule has 0 amide bonds. The summed E-state index contributed by atoms with van der Waals surface area (Å²) in [4.78, 5) is 10.0. The van der Waals surface area contributed by atoms with Crippen LogP contribution in [0.5, 0.6) is 0 Å². The van der Waals surface area contributed by atoms with Gasteiger partial charge in [-0.1, -0.05) is 182 Å². The van der Waals surface area contributed by atoms with Crippen molar-refractivity contribution in [2.45, 2.75) is 39.8 Å². The Labute approximate surface area is 413 Å². The molecular formula is C58H64N12. The minimum Gasteiger partial charge on any atom is -0.297 e. The molecule has 70 heavy (non-hydrogen) atoms. The first-order valence-corrected chi connectivity index (χ1v) is 24.6. The van der Waals surface area contributed by atoms with Crippen LogP contribution in [0.3, 0.4) is 0 Å². The second-order valence-corrected chi connectivity index (χ2v) is 18.3. The maximum Gasteiger partial charge on any atom is 0.178 e. The van der Waals surface area contributed by atoms with Crippen LogP contribution in [0.25, 0.3) is 23.5 Å². The lowest BCUT2D eigenvalue weighted by Gasteiger charge is -2.38. The van der Waals surface area contributed by atoms with Crippen molar-refractivity contribution in [1.29, 1.82) is 0 Å². The third kappa shape index (κ3) is 11.6. The second kappa shape index (κ2) is 23.4. The van der Waals surface area contributed by atoms with Crippen molar-refractivity contribution < 1.29 is 0 Å². The molecule has 2 aliphatic heterocycles. The lowest BCUT2D eigenvalue weighted by atomic mass is 10.0. The van der Waals surface area contributed by atoms with E-state index in [2.05, 4.69) is 260 Å². The molecule has 0 spiro atoms. The van der Waals surface area contributed by atoms with Crippen LogP contribution in [0.4, 0.5) is 0 Å². The number of hydrogen-bond donors (Lipinski definition) is 0. The highest BCUT2D eigenvalue weighted by atomic mass is 15.6. The molecule has 12 nitrogen and oxygen atoms in total. The van der Waals surface area contributed by atoms with Gasteiger partial charge in [-0.25, -0.2) is 0 Å². The van der Waals surface area contributed by atoms with Crippen molar-refractivity contribution in [1.82, 2.24) is 60.0 Å². The summed E-state index contributed by atoms with van der Waals surface area (Å²) in [6, 6.07) is 54.8. The van der Waals surface area contributed by atoms with Crippen molar-refractivity contribution in [3.63, 3.8) is 0 Å². The lowest BCUT2D eigenvalue weighted by molar-refractivity contribution is 0.113. The lowest BCUT2D eigenvalue weighted by Crippen LogP contribution is -2.48. The SMILES string of the molecule is Cc1cccc(C)c1-n1nnnc1[C@@H](c1ccccc1)N1CCN(C/C=C/c2ccccc2)CC1.Cc1cccc(C)c1-n1nnnc1[C@H](c1ccccc1)N1CCN(C/C=C/c2ccccc2)CC1. The highest BCUT2D eigenvalue weighted by Crippen LogP contribution is 2.32. The Bertz CT molecular complexity index is 2670. The molecule has 12 heteroatoms. The Morgan fingerprint density at radius 1 is 0.400 bits per heavy atom. The summed E-state index contributed by atoms with van der Waals surface area (Å²) in [6.07, 6.45) is 8.94. The minimum absolute atomic E-state index is 0.00721. The van der Waals surface area contributed by atoms with Gasteiger partial charge in [0, 0.05) is 65.4 Å². The van der Waals surface area contributed by atoms with Crippen molar-refractivity contribution in [2.75, 3.05) is 65.4 Å². The first kappa shape index (κ1) is 47.8. The van der Waals surface area contributed by atoms with Crippen LogP contribution in [-0.4, -0.2) is 125 Å². The maximum absolute atomic E-state index is 4.56. The number of piperazine rings is 2. The summed E-state index contributed by atoms with van der Waals surface area (Å²) < 4.78 is 3.88. The first-order chi connectivity index (χ1) is 34.4. The van der Waals surface area contributed by atoms with Gasteiger partial charge in [0.2, 0.25) is 0 Å². The minimum atomic E-state index is -0.00721. The summed E-state index contributed by atoms with van der Waals surface area (Å²) >= 11 is 0. The van der Waals surface area contributed by atoms with Crippen LogP contribution in [0.15, 0.2) is 170 Å². The van der Waals surface area contributed by atoms with Gasteiger partial charge in [-0.05, 0) is 93.1 Å². The molecule has 10 rings (SSSR count). The molecule has 0 unspecified atom stereocenters. The van der Waals surface area contributed by atoms with Crippen LogP contribution < -0.4 is 0 Å². The van der Waals surface area contributed by atoms with Gasteiger partial charge < -0.3 is 0 Å². The highest BCUT2D eigenvalue weighted by molar-refractivity contribution is 5.51. The van der Waals surface area contributed by atoms with E-state index in [0.717, 1.165) is 88.5 Å². The van der Waals surface area contributed by atoms with Crippen LogP contribution in [-0.2, 0) is 0 Å². The van der Waals surface area contributed by atoms with Gasteiger partial charge in [0.25, 0.3) is 0 Å². The molecule has 8 aromatic rings. The Kier molecular flexibility index (Phi) is 16.0. The molecule has 2 aromatic heterocycles. The van der Waals surface area contributed by atoms with Gasteiger partial charge >= 0.3 is 0 Å². The molecule has 0 radical (unpaired) electrons. The van der Waals surface area contributed by atoms with Crippen LogP contribution in [0, 0.1) is 27.7 Å². The molecule has 2 atom stereocenters. The monoisotopic (exact) mass is 929 g/mol. The first-order valence-electron chi connectivity index (χ1n) is 24.6. The molecule has 4 heterocycles. The topological polar surface area (TPSA) is 100 Å². The zero-order valence-electron chi connectivity index (χ0n) is 40.9. The summed E-state index contributed by atoms with van der Waals surface area (Å²) in [5.74, 6) is 1.73. The standard InChI is InChI=1S/2C29H32N6/c2*1-23-11-9-12-24(2)27(23)35-29(30-31-32-35)28(26-16-7-4-8-17-26)34-21-19-33(20-22-34)18-10-15-25-13-5-3-6-14-25/h2*3-17,28H,18-22H2,1-2H3/b2*15-10+/t2*28-/m10/s1. The van der Waals surface area contributed by atoms with Crippen molar-refractivity contribution in [3.05, 3.63) is 226 Å². The molecule has 0 saturated carbocycles. The van der Waals surface area contributed by atoms with Crippen LogP contribution in [0.1, 0.15) is 68.2 Å². The van der Waals surface area contributed by atoms with Gasteiger partial charge in [0.15, 0.2) is 11.6 Å². The number of aryl methyl sites for hydroxylation is 4. The van der Waals surface area contributed by atoms with E-state index in [0.29, 0.717) is 0 Å². The van der Waals surface area contributed by atoms with Crippen LogP contribution >= 0.6 is 0 Å². The summed E-state index contributed by atoms with van der Waals surface area (Å²) in [7, 11) is 0. The zero-order chi connectivity index (χ0) is 48.1. The fraction of sp³-hybridized carbons (Fsp3) is 0.276. The number of nitrogens with zero attached hydrogens (tertiary/aromatic N) is 12. The normalized spacial score (nSPS) is 16.1. The summed E-state index contributed by atoms with van der Waals surface area (Å²) in [5.41, 5.74) is 11.7. The number of para-hydroxylation sites is 2. The maximum atomic E-state index is 4.56. The third-order valence-corrected chi connectivity index (χ3v) is 13.5. The summed E-state index contributed by atoms with van der Waals surface area (Å²) in [6.45, 7) is 18.2. The number of aromatic nitrogens is 8. The van der Waals surface area contributed by atoms with E-state index in [1.807, 2.05) is 9.36 Å². The number of benzene rings is 6. The van der Waals surface area contributed by atoms with E-state index in [9.17, 15) is 0 Å². The average Bonchev–Trinajstić information content (AvgIpc) is 4.07. The molecule has 2 fully saturated rings. The van der Waals surface area contributed by atoms with Crippen LogP contribution in [0.2, 0.25) is 0 Å². The molecule has 0 bridgehead atoms. The highest BCUT2D eigenvalue weighted by Gasteiger charge is 2.33. The van der Waals surface area contributed by atoms with Crippen molar-refractivity contribution >= 4 is 12.2 Å². The summed E-state index contributed by atoms with van der Waals surface area (Å²) in [5, 5.41) is 26.3. The van der Waals surface area contributed by atoms with Gasteiger partial charge in [0.1, 0.15) is 0 Å². The number of tetrazole rings is 2. The Hall–Kier alpha value is -7.22. The quantitative estimate of drug-likeness (QED) is 0.105. The Morgan fingerprint density at radius 2 is 0.729 bits per heavy atom. The van der Waals surface area contributed by atoms with Crippen molar-refractivity contribution in [2.24, 2.45) is 0 Å². The molecule has 356 valence electrons. The predicted molar refractivity (Wildman–Crippen MR) is 281 cm³/mol. The van der Waals surface area contributed by atoms with E-state index in [-0.39, 0.29) is 12.1 Å².